The highest BCUT2D eigenvalue weighted by molar-refractivity contribution is 7.98. The second-order valence-corrected chi connectivity index (χ2v) is 12.0. The number of hydrogen-bond acceptors (Lipinski definition) is 5. The lowest BCUT2D eigenvalue weighted by Gasteiger charge is -2.42. The Morgan fingerprint density at radius 3 is 2.19 bits per heavy atom. The van der Waals surface area contributed by atoms with Crippen LogP contribution >= 0.6 is 11.8 Å². The summed E-state index contributed by atoms with van der Waals surface area (Å²) >= 11 is 1.64. The van der Waals surface area contributed by atoms with Gasteiger partial charge in [-0.05, 0) is 60.7 Å². The zero-order chi connectivity index (χ0) is 30.2. The third-order valence-electron chi connectivity index (χ3n) is 8.19. The monoisotopic (exact) mass is 618 g/mol. The summed E-state index contributed by atoms with van der Waals surface area (Å²) in [7, 11) is 0. The highest BCUT2D eigenvalue weighted by Gasteiger charge is 2.55. The lowest BCUT2D eigenvalue weighted by molar-refractivity contribution is -0.143. The maximum absolute atomic E-state index is 13.4. The summed E-state index contributed by atoms with van der Waals surface area (Å²) in [6, 6.07) is 21.2. The number of benzene rings is 3. The highest BCUT2D eigenvalue weighted by atomic mass is 32.2. The van der Waals surface area contributed by atoms with Gasteiger partial charge >= 0.3 is 12.4 Å². The van der Waals surface area contributed by atoms with E-state index in [1.54, 1.807) is 16.4 Å². The molecule has 2 bridgehead atoms. The minimum atomic E-state index is -4.92. The minimum absolute atomic E-state index is 0.00493. The second kappa shape index (κ2) is 11.6. The number of hydrogen-bond donors (Lipinski definition) is 1. The molecular formula is C31H28F6N4OS. The molecule has 2 aliphatic heterocycles. The van der Waals surface area contributed by atoms with Crippen LogP contribution in [0.25, 0.3) is 0 Å². The molecule has 2 saturated heterocycles. The normalized spacial score (nSPS) is 23.9. The lowest BCUT2D eigenvalue weighted by atomic mass is 9.79. The van der Waals surface area contributed by atoms with Crippen LogP contribution in [-0.4, -0.2) is 27.1 Å². The van der Waals surface area contributed by atoms with E-state index < -0.39 is 41.7 Å². The molecule has 0 amide bonds. The van der Waals surface area contributed by atoms with Crippen molar-refractivity contribution in [3.63, 3.8) is 0 Å². The molecule has 2 aliphatic rings. The van der Waals surface area contributed by atoms with Crippen molar-refractivity contribution in [2.24, 2.45) is 0 Å². The second-order valence-electron chi connectivity index (χ2n) is 11.0. The summed E-state index contributed by atoms with van der Waals surface area (Å²) in [5, 5.41) is 12.6. The molecule has 226 valence electrons. The smallest absolute Gasteiger partial charge is 0.371 e. The first-order valence-corrected chi connectivity index (χ1v) is 14.8. The van der Waals surface area contributed by atoms with Crippen LogP contribution < -0.4 is 5.32 Å². The number of rotatable bonds is 8. The van der Waals surface area contributed by atoms with Crippen LogP contribution in [0.3, 0.4) is 0 Å². The maximum Gasteiger partial charge on any atom is 0.416 e. The SMILES string of the molecule is FC(F)(F)c1cc(COC2CCC3NC2(c2ccccc2)CC3c2cn(CSc3ccccc3)nn2)cc(C(F)(F)F)c1. The topological polar surface area (TPSA) is 52.0 Å². The van der Waals surface area contributed by atoms with Crippen LogP contribution in [0.1, 0.15) is 53.1 Å². The molecule has 12 heteroatoms. The Labute approximate surface area is 248 Å². The molecule has 4 unspecified atom stereocenters. The van der Waals surface area contributed by atoms with E-state index in [2.05, 4.69) is 15.6 Å². The van der Waals surface area contributed by atoms with Crippen LogP contribution in [0, 0.1) is 0 Å². The number of alkyl halides is 6. The van der Waals surface area contributed by atoms with Crippen molar-refractivity contribution in [1.29, 1.82) is 0 Å². The molecular weight excluding hydrogens is 590 g/mol. The fourth-order valence-corrected chi connectivity index (χ4v) is 6.97. The van der Waals surface area contributed by atoms with Crippen molar-refractivity contribution in [1.82, 2.24) is 20.3 Å². The Hall–Kier alpha value is -3.35. The Morgan fingerprint density at radius 1 is 0.884 bits per heavy atom. The van der Waals surface area contributed by atoms with Gasteiger partial charge in [0.05, 0.1) is 40.9 Å². The Morgan fingerprint density at radius 2 is 1.53 bits per heavy atom. The summed E-state index contributed by atoms with van der Waals surface area (Å²) in [5.41, 5.74) is -1.81. The zero-order valence-corrected chi connectivity index (χ0v) is 23.6. The number of nitrogens with zero attached hydrogens (tertiary/aromatic N) is 3. The quantitative estimate of drug-likeness (QED) is 0.161. The van der Waals surface area contributed by atoms with Gasteiger partial charge in [-0.2, -0.15) is 26.3 Å². The lowest BCUT2D eigenvalue weighted by Crippen LogP contribution is -2.54. The van der Waals surface area contributed by atoms with Gasteiger partial charge in [0.25, 0.3) is 0 Å². The van der Waals surface area contributed by atoms with Crippen LogP contribution in [0.2, 0.25) is 0 Å². The van der Waals surface area contributed by atoms with E-state index in [4.69, 9.17) is 4.74 Å². The van der Waals surface area contributed by atoms with E-state index in [-0.39, 0.29) is 23.6 Å². The molecule has 1 N–H and O–H groups in total. The summed E-state index contributed by atoms with van der Waals surface area (Å²) in [6.07, 6.45) is -6.53. The average Bonchev–Trinajstić information content (AvgIpc) is 3.59. The molecule has 5 nitrogen and oxygen atoms in total. The van der Waals surface area contributed by atoms with E-state index in [0.717, 1.165) is 28.3 Å². The zero-order valence-electron chi connectivity index (χ0n) is 22.8. The summed E-state index contributed by atoms with van der Waals surface area (Å²) in [5.74, 6) is 0.587. The minimum Gasteiger partial charge on any atom is -0.371 e. The fourth-order valence-electron chi connectivity index (χ4n) is 6.22. The number of aromatic nitrogens is 3. The third kappa shape index (κ3) is 6.32. The first-order chi connectivity index (χ1) is 20.5. The third-order valence-corrected chi connectivity index (χ3v) is 9.19. The fraction of sp³-hybridized carbons (Fsp3) is 0.355. The van der Waals surface area contributed by atoms with E-state index >= 15 is 0 Å². The molecule has 0 radical (unpaired) electrons. The Balaban J connectivity index is 1.24. The molecule has 3 heterocycles. The van der Waals surface area contributed by atoms with Crippen LogP contribution in [-0.2, 0) is 35.1 Å². The number of ether oxygens (including phenoxy) is 1. The van der Waals surface area contributed by atoms with E-state index in [0.29, 0.717) is 25.1 Å². The van der Waals surface area contributed by atoms with Crippen LogP contribution in [0.4, 0.5) is 26.3 Å². The van der Waals surface area contributed by atoms with Gasteiger partial charge in [-0.1, -0.05) is 53.7 Å². The van der Waals surface area contributed by atoms with Crippen molar-refractivity contribution < 1.29 is 31.1 Å². The van der Waals surface area contributed by atoms with Crippen LogP contribution in [0.5, 0.6) is 0 Å². The molecule has 4 atom stereocenters. The maximum atomic E-state index is 13.4. The van der Waals surface area contributed by atoms with E-state index in [9.17, 15) is 26.3 Å². The number of nitrogens with one attached hydrogen (secondary N) is 1. The molecule has 43 heavy (non-hydrogen) atoms. The van der Waals surface area contributed by atoms with Crippen molar-refractivity contribution >= 4 is 11.8 Å². The standard InChI is InChI=1S/C31H28F6N4OS/c32-30(33,34)22-13-20(14-23(15-22)31(35,36)37)18-42-28-12-11-26-25(16-29(28,38-26)21-7-3-1-4-8-21)27-17-41(40-39-27)19-43-24-9-5-2-6-10-24/h1-10,13-15,17,25-26,28,38H,11-12,16,18-19H2. The Kier molecular flexibility index (Phi) is 8.03. The molecule has 0 aliphatic carbocycles. The number of fused-ring (bicyclic) bond motifs is 2. The van der Waals surface area contributed by atoms with Gasteiger partial charge in [0.2, 0.25) is 0 Å². The molecule has 6 rings (SSSR count). The molecule has 2 fully saturated rings. The van der Waals surface area contributed by atoms with Gasteiger partial charge in [0, 0.05) is 23.1 Å². The first kappa shape index (κ1) is 29.7. The van der Waals surface area contributed by atoms with E-state index in [1.807, 2.05) is 66.9 Å². The predicted octanol–water partition coefficient (Wildman–Crippen LogP) is 7.79. The number of piperidine rings is 1. The average molecular weight is 619 g/mol. The molecule has 0 saturated carbocycles. The van der Waals surface area contributed by atoms with Crippen molar-refractivity contribution in [3.05, 3.63) is 113 Å². The molecule has 1 aromatic heterocycles. The summed E-state index contributed by atoms with van der Waals surface area (Å²) in [4.78, 5) is 1.11. The Bertz CT molecular complexity index is 1510. The summed E-state index contributed by atoms with van der Waals surface area (Å²) < 4.78 is 88.7. The van der Waals surface area contributed by atoms with Gasteiger partial charge in [-0.25, -0.2) is 4.68 Å². The van der Waals surface area contributed by atoms with Gasteiger partial charge in [0.15, 0.2) is 0 Å². The number of halogens is 6. The predicted molar refractivity (Wildman–Crippen MR) is 149 cm³/mol. The largest absolute Gasteiger partial charge is 0.416 e. The van der Waals surface area contributed by atoms with Crippen molar-refractivity contribution in [2.75, 3.05) is 0 Å². The van der Waals surface area contributed by atoms with Gasteiger partial charge in [0.1, 0.15) is 0 Å². The molecule has 0 spiro atoms. The number of thioether (sulfide) groups is 1. The van der Waals surface area contributed by atoms with Crippen molar-refractivity contribution in [3.8, 4) is 0 Å². The highest BCUT2D eigenvalue weighted by Crippen LogP contribution is 2.50. The van der Waals surface area contributed by atoms with E-state index in [1.165, 1.54) is 0 Å². The summed E-state index contributed by atoms with van der Waals surface area (Å²) in [6.45, 7) is -0.393. The van der Waals surface area contributed by atoms with Gasteiger partial charge in [-0.15, -0.1) is 16.9 Å². The van der Waals surface area contributed by atoms with Gasteiger partial charge in [-0.3, -0.25) is 0 Å². The molecule has 3 aromatic carbocycles. The van der Waals surface area contributed by atoms with Crippen molar-refractivity contribution in [2.45, 2.75) is 72.6 Å². The van der Waals surface area contributed by atoms with Crippen LogP contribution in [0.15, 0.2) is 90.0 Å². The van der Waals surface area contributed by atoms with Gasteiger partial charge < -0.3 is 10.1 Å². The first-order valence-electron chi connectivity index (χ1n) is 13.8. The molecule has 4 aromatic rings.